The standard InChI is InChI=1S/C14H17N3O2S/c1-10(9-20-2)8-16-12-5-6-13(17(18)19)11-4-3-7-15-14(11)12/h3-7,10,16H,8-9H2,1-2H3. The molecule has 5 nitrogen and oxygen atoms in total. The molecule has 106 valence electrons. The van der Waals surface area contributed by atoms with Gasteiger partial charge in [0.15, 0.2) is 0 Å². The van der Waals surface area contributed by atoms with Crippen LogP contribution in [0.3, 0.4) is 0 Å². The van der Waals surface area contributed by atoms with Crippen LogP contribution >= 0.6 is 11.8 Å². The lowest BCUT2D eigenvalue weighted by Crippen LogP contribution is -2.13. The van der Waals surface area contributed by atoms with Gasteiger partial charge in [-0.05, 0) is 36.1 Å². The molecular weight excluding hydrogens is 274 g/mol. The third kappa shape index (κ3) is 3.19. The van der Waals surface area contributed by atoms with Crippen molar-refractivity contribution in [3.63, 3.8) is 0 Å². The topological polar surface area (TPSA) is 68.1 Å². The lowest BCUT2D eigenvalue weighted by molar-refractivity contribution is -0.383. The first kappa shape index (κ1) is 14.6. The molecule has 0 spiro atoms. The van der Waals surface area contributed by atoms with Crippen molar-refractivity contribution in [3.8, 4) is 0 Å². The highest BCUT2D eigenvalue weighted by Crippen LogP contribution is 2.29. The van der Waals surface area contributed by atoms with Gasteiger partial charge in [-0.3, -0.25) is 15.1 Å². The Hall–Kier alpha value is -1.82. The van der Waals surface area contributed by atoms with E-state index in [0.29, 0.717) is 16.8 Å². The van der Waals surface area contributed by atoms with Crippen LogP contribution in [-0.4, -0.2) is 28.5 Å². The van der Waals surface area contributed by atoms with Crippen LogP contribution in [0.5, 0.6) is 0 Å². The Labute approximate surface area is 121 Å². The summed E-state index contributed by atoms with van der Waals surface area (Å²) in [7, 11) is 0. The molecule has 0 fully saturated rings. The minimum absolute atomic E-state index is 0.0933. The SMILES string of the molecule is CSCC(C)CNc1ccc([N+](=O)[O-])c2cccnc12. The van der Waals surface area contributed by atoms with Gasteiger partial charge in [-0.2, -0.15) is 11.8 Å². The van der Waals surface area contributed by atoms with Crippen LogP contribution in [0.4, 0.5) is 11.4 Å². The molecule has 1 aromatic carbocycles. The van der Waals surface area contributed by atoms with Gasteiger partial charge in [0, 0.05) is 18.8 Å². The molecule has 0 aliphatic heterocycles. The number of benzene rings is 1. The van der Waals surface area contributed by atoms with Crippen LogP contribution in [0, 0.1) is 16.0 Å². The number of rotatable bonds is 6. The fourth-order valence-corrected chi connectivity index (χ4v) is 2.77. The molecule has 1 heterocycles. The quantitative estimate of drug-likeness (QED) is 0.651. The third-order valence-electron chi connectivity index (χ3n) is 3.04. The third-order valence-corrected chi connectivity index (χ3v) is 3.94. The molecule has 2 rings (SSSR count). The molecule has 20 heavy (non-hydrogen) atoms. The van der Waals surface area contributed by atoms with E-state index in [-0.39, 0.29) is 10.6 Å². The van der Waals surface area contributed by atoms with Crippen LogP contribution < -0.4 is 5.32 Å². The Balaban J connectivity index is 2.31. The van der Waals surface area contributed by atoms with Crippen LogP contribution in [-0.2, 0) is 0 Å². The molecule has 1 atom stereocenters. The van der Waals surface area contributed by atoms with E-state index in [1.807, 2.05) is 11.8 Å². The van der Waals surface area contributed by atoms with Crippen LogP contribution in [0.15, 0.2) is 30.5 Å². The minimum atomic E-state index is -0.371. The van der Waals surface area contributed by atoms with Gasteiger partial charge in [0.05, 0.1) is 16.0 Å². The summed E-state index contributed by atoms with van der Waals surface area (Å²) in [5.41, 5.74) is 1.59. The first-order valence-corrected chi connectivity index (χ1v) is 7.77. The number of thioether (sulfide) groups is 1. The fraction of sp³-hybridized carbons (Fsp3) is 0.357. The average molecular weight is 291 g/mol. The van der Waals surface area contributed by atoms with E-state index in [0.717, 1.165) is 18.0 Å². The first-order chi connectivity index (χ1) is 9.63. The molecule has 1 aromatic heterocycles. The maximum atomic E-state index is 11.0. The number of fused-ring (bicyclic) bond motifs is 1. The maximum Gasteiger partial charge on any atom is 0.278 e. The molecule has 0 saturated heterocycles. The summed E-state index contributed by atoms with van der Waals surface area (Å²) in [5.74, 6) is 1.60. The van der Waals surface area contributed by atoms with Gasteiger partial charge in [-0.15, -0.1) is 0 Å². The minimum Gasteiger partial charge on any atom is -0.383 e. The Kier molecular flexibility index (Phi) is 4.79. The summed E-state index contributed by atoms with van der Waals surface area (Å²) in [6.07, 6.45) is 3.74. The van der Waals surface area contributed by atoms with Crippen molar-refractivity contribution in [2.75, 3.05) is 23.9 Å². The van der Waals surface area contributed by atoms with Gasteiger partial charge in [0.25, 0.3) is 5.69 Å². The van der Waals surface area contributed by atoms with Gasteiger partial charge < -0.3 is 5.32 Å². The van der Waals surface area contributed by atoms with E-state index < -0.39 is 0 Å². The first-order valence-electron chi connectivity index (χ1n) is 6.38. The number of nitrogens with one attached hydrogen (secondary N) is 1. The molecule has 1 N–H and O–H groups in total. The zero-order valence-corrected chi connectivity index (χ0v) is 12.3. The molecule has 2 aromatic rings. The fourth-order valence-electron chi connectivity index (χ4n) is 2.09. The zero-order valence-electron chi connectivity index (χ0n) is 11.5. The van der Waals surface area contributed by atoms with Gasteiger partial charge in [-0.25, -0.2) is 0 Å². The predicted octanol–water partition coefficient (Wildman–Crippen LogP) is 3.55. The van der Waals surface area contributed by atoms with Crippen molar-refractivity contribution in [2.24, 2.45) is 5.92 Å². The Bertz CT molecular complexity index is 618. The summed E-state index contributed by atoms with van der Waals surface area (Å²) < 4.78 is 0. The normalized spacial score (nSPS) is 12.3. The predicted molar refractivity (Wildman–Crippen MR) is 84.4 cm³/mol. The second-order valence-electron chi connectivity index (χ2n) is 4.73. The molecule has 1 unspecified atom stereocenters. The smallest absolute Gasteiger partial charge is 0.278 e. The van der Waals surface area contributed by atoms with E-state index in [1.165, 1.54) is 6.07 Å². The number of hydrogen-bond donors (Lipinski definition) is 1. The average Bonchev–Trinajstić information content (AvgIpc) is 2.44. The molecule has 0 amide bonds. The monoisotopic (exact) mass is 291 g/mol. The number of anilines is 1. The van der Waals surface area contributed by atoms with Gasteiger partial charge in [0.2, 0.25) is 0 Å². The summed E-state index contributed by atoms with van der Waals surface area (Å²) in [5, 5.41) is 14.9. The van der Waals surface area contributed by atoms with Gasteiger partial charge in [0.1, 0.15) is 5.52 Å². The number of nitro groups is 1. The molecule has 6 heteroatoms. The van der Waals surface area contributed by atoms with Crippen molar-refractivity contribution in [1.29, 1.82) is 0 Å². The highest BCUT2D eigenvalue weighted by Gasteiger charge is 2.15. The van der Waals surface area contributed by atoms with Crippen LogP contribution in [0.1, 0.15) is 6.92 Å². The summed E-state index contributed by atoms with van der Waals surface area (Å²) >= 11 is 1.81. The number of non-ortho nitro benzene ring substituents is 1. The Morgan fingerprint density at radius 3 is 2.95 bits per heavy atom. The number of pyridine rings is 1. The molecule has 0 radical (unpaired) electrons. The van der Waals surface area contributed by atoms with E-state index >= 15 is 0 Å². The summed E-state index contributed by atoms with van der Waals surface area (Å²) in [6.45, 7) is 2.99. The Morgan fingerprint density at radius 2 is 2.25 bits per heavy atom. The maximum absolute atomic E-state index is 11.0. The van der Waals surface area contributed by atoms with E-state index in [1.54, 1.807) is 24.4 Å². The highest BCUT2D eigenvalue weighted by molar-refractivity contribution is 7.98. The van der Waals surface area contributed by atoms with E-state index in [4.69, 9.17) is 0 Å². The zero-order chi connectivity index (χ0) is 14.5. The number of hydrogen-bond acceptors (Lipinski definition) is 5. The van der Waals surface area contributed by atoms with Crippen LogP contribution in [0.25, 0.3) is 10.9 Å². The lowest BCUT2D eigenvalue weighted by Gasteiger charge is -2.13. The highest BCUT2D eigenvalue weighted by atomic mass is 32.2. The van der Waals surface area contributed by atoms with Crippen molar-refractivity contribution in [3.05, 3.63) is 40.6 Å². The van der Waals surface area contributed by atoms with Crippen molar-refractivity contribution in [1.82, 2.24) is 4.98 Å². The lowest BCUT2D eigenvalue weighted by atomic mass is 10.1. The van der Waals surface area contributed by atoms with Crippen molar-refractivity contribution < 1.29 is 4.92 Å². The van der Waals surface area contributed by atoms with Crippen LogP contribution in [0.2, 0.25) is 0 Å². The molecule has 0 bridgehead atoms. The summed E-state index contributed by atoms with van der Waals surface area (Å²) in [6, 6.07) is 6.72. The van der Waals surface area contributed by atoms with Gasteiger partial charge >= 0.3 is 0 Å². The van der Waals surface area contributed by atoms with E-state index in [2.05, 4.69) is 23.5 Å². The largest absolute Gasteiger partial charge is 0.383 e. The number of nitrogens with zero attached hydrogens (tertiary/aromatic N) is 2. The second kappa shape index (κ2) is 6.56. The summed E-state index contributed by atoms with van der Waals surface area (Å²) in [4.78, 5) is 14.9. The number of nitro benzene ring substituents is 1. The number of aromatic nitrogens is 1. The second-order valence-corrected chi connectivity index (χ2v) is 5.64. The van der Waals surface area contributed by atoms with E-state index in [9.17, 15) is 10.1 Å². The van der Waals surface area contributed by atoms with Crippen molar-refractivity contribution >= 4 is 34.0 Å². The molecule has 0 saturated carbocycles. The van der Waals surface area contributed by atoms with Crippen molar-refractivity contribution in [2.45, 2.75) is 6.92 Å². The molecule has 0 aliphatic rings. The Morgan fingerprint density at radius 1 is 1.45 bits per heavy atom. The molecular formula is C14H17N3O2S. The molecule has 0 aliphatic carbocycles. The van der Waals surface area contributed by atoms with Gasteiger partial charge in [-0.1, -0.05) is 6.92 Å².